The minimum Gasteiger partial charge on any atom is -0.349 e. The van der Waals surface area contributed by atoms with Crippen molar-refractivity contribution >= 4 is 5.91 Å². The van der Waals surface area contributed by atoms with E-state index in [0.717, 1.165) is 6.42 Å². The standard InChI is InChI=1S/C12H15N5O/c1-9-3-2-4-10(7-9)5-6-12(18)13-8-11-14-16-17-15-11/h2-4,7H,5-6,8H2,1H3,(H,13,18)(H,14,15,16,17). The fraction of sp³-hybridized carbons (Fsp3) is 0.333. The number of aromatic nitrogens is 4. The normalized spacial score (nSPS) is 10.3. The molecule has 1 aromatic carbocycles. The molecule has 0 bridgehead atoms. The van der Waals surface area contributed by atoms with Gasteiger partial charge in [0.2, 0.25) is 5.91 Å². The molecule has 0 fully saturated rings. The lowest BCUT2D eigenvalue weighted by Gasteiger charge is -2.03. The van der Waals surface area contributed by atoms with Crippen molar-refractivity contribution in [3.63, 3.8) is 0 Å². The molecule has 0 saturated carbocycles. The van der Waals surface area contributed by atoms with E-state index in [4.69, 9.17) is 0 Å². The molecule has 0 spiro atoms. The number of carbonyl (C=O) groups excluding carboxylic acids is 1. The van der Waals surface area contributed by atoms with E-state index < -0.39 is 0 Å². The molecule has 6 heteroatoms. The van der Waals surface area contributed by atoms with Crippen molar-refractivity contribution in [2.24, 2.45) is 0 Å². The summed E-state index contributed by atoms with van der Waals surface area (Å²) in [5.74, 6) is 0.472. The van der Waals surface area contributed by atoms with Crippen LogP contribution < -0.4 is 5.32 Å². The fourth-order valence-electron chi connectivity index (χ4n) is 1.65. The third-order valence-corrected chi connectivity index (χ3v) is 2.56. The van der Waals surface area contributed by atoms with Gasteiger partial charge in [0, 0.05) is 6.42 Å². The van der Waals surface area contributed by atoms with Crippen molar-refractivity contribution in [2.45, 2.75) is 26.3 Å². The number of hydrogen-bond donors (Lipinski definition) is 2. The van der Waals surface area contributed by atoms with E-state index in [9.17, 15) is 4.79 Å². The Kier molecular flexibility index (Phi) is 4.01. The van der Waals surface area contributed by atoms with Crippen molar-refractivity contribution in [1.29, 1.82) is 0 Å². The highest BCUT2D eigenvalue weighted by molar-refractivity contribution is 5.76. The number of hydrogen-bond acceptors (Lipinski definition) is 4. The molecule has 0 unspecified atom stereocenters. The fourth-order valence-corrected chi connectivity index (χ4v) is 1.65. The average molecular weight is 245 g/mol. The van der Waals surface area contributed by atoms with E-state index >= 15 is 0 Å². The lowest BCUT2D eigenvalue weighted by atomic mass is 10.1. The topological polar surface area (TPSA) is 83.6 Å². The van der Waals surface area contributed by atoms with Gasteiger partial charge in [0.05, 0.1) is 6.54 Å². The smallest absolute Gasteiger partial charge is 0.220 e. The number of aryl methyl sites for hydroxylation is 2. The number of rotatable bonds is 5. The van der Waals surface area contributed by atoms with Crippen LogP contribution in [0.1, 0.15) is 23.4 Å². The molecule has 0 aliphatic rings. The maximum atomic E-state index is 11.6. The summed E-state index contributed by atoms with van der Waals surface area (Å²) in [5, 5.41) is 16.0. The Bertz CT molecular complexity index is 509. The lowest BCUT2D eigenvalue weighted by molar-refractivity contribution is -0.121. The van der Waals surface area contributed by atoms with E-state index in [2.05, 4.69) is 32.0 Å². The molecule has 1 aromatic heterocycles. The summed E-state index contributed by atoms with van der Waals surface area (Å²) in [6, 6.07) is 8.16. The van der Waals surface area contributed by atoms with Gasteiger partial charge in [-0.25, -0.2) is 0 Å². The summed E-state index contributed by atoms with van der Waals surface area (Å²) in [4.78, 5) is 11.6. The van der Waals surface area contributed by atoms with Gasteiger partial charge >= 0.3 is 0 Å². The van der Waals surface area contributed by atoms with Gasteiger partial charge in [0.25, 0.3) is 0 Å². The Labute approximate surface area is 105 Å². The highest BCUT2D eigenvalue weighted by atomic mass is 16.1. The minimum atomic E-state index is -0.0127. The predicted octanol–water partition coefficient (Wildman–Crippen LogP) is 0.757. The summed E-state index contributed by atoms with van der Waals surface area (Å²) in [6.07, 6.45) is 1.20. The minimum absolute atomic E-state index is 0.0127. The molecule has 2 aromatic rings. The van der Waals surface area contributed by atoms with Crippen molar-refractivity contribution < 1.29 is 4.79 Å². The maximum Gasteiger partial charge on any atom is 0.220 e. The van der Waals surface area contributed by atoms with Crippen LogP contribution in [0.3, 0.4) is 0 Å². The molecular formula is C12H15N5O. The van der Waals surface area contributed by atoms with Crippen LogP contribution in [0.4, 0.5) is 0 Å². The van der Waals surface area contributed by atoms with Gasteiger partial charge in [-0.2, -0.15) is 5.21 Å². The van der Waals surface area contributed by atoms with Crippen LogP contribution in [0, 0.1) is 6.92 Å². The molecule has 0 aliphatic carbocycles. The van der Waals surface area contributed by atoms with E-state index in [1.54, 1.807) is 0 Å². The SMILES string of the molecule is Cc1cccc(CCC(=O)NCc2nn[nH]n2)c1. The van der Waals surface area contributed by atoms with Gasteiger partial charge in [-0.05, 0) is 18.9 Å². The Hall–Kier alpha value is -2.24. The molecule has 0 aliphatic heterocycles. The molecule has 0 saturated heterocycles. The zero-order chi connectivity index (χ0) is 12.8. The Morgan fingerprint density at radius 3 is 3.06 bits per heavy atom. The number of nitrogens with one attached hydrogen (secondary N) is 2. The predicted molar refractivity (Wildman–Crippen MR) is 65.5 cm³/mol. The van der Waals surface area contributed by atoms with Crippen molar-refractivity contribution in [3.05, 3.63) is 41.2 Å². The lowest BCUT2D eigenvalue weighted by Crippen LogP contribution is -2.23. The van der Waals surface area contributed by atoms with Gasteiger partial charge < -0.3 is 5.32 Å². The first-order valence-corrected chi connectivity index (χ1v) is 5.78. The second kappa shape index (κ2) is 5.90. The number of H-pyrrole nitrogens is 1. The summed E-state index contributed by atoms with van der Waals surface area (Å²) in [7, 11) is 0. The molecule has 94 valence electrons. The van der Waals surface area contributed by atoms with Gasteiger partial charge in [0.15, 0.2) is 5.82 Å². The first-order valence-electron chi connectivity index (χ1n) is 5.78. The quantitative estimate of drug-likeness (QED) is 0.814. The second-order valence-corrected chi connectivity index (χ2v) is 4.09. The van der Waals surface area contributed by atoms with Crippen LogP contribution in [-0.4, -0.2) is 26.5 Å². The molecule has 0 radical (unpaired) electrons. The zero-order valence-corrected chi connectivity index (χ0v) is 10.2. The van der Waals surface area contributed by atoms with Crippen molar-refractivity contribution in [1.82, 2.24) is 25.9 Å². The largest absolute Gasteiger partial charge is 0.349 e. The van der Waals surface area contributed by atoms with Crippen LogP contribution in [-0.2, 0) is 17.8 Å². The number of amides is 1. The molecule has 2 N–H and O–H groups in total. The number of benzene rings is 1. The monoisotopic (exact) mass is 245 g/mol. The summed E-state index contributed by atoms with van der Waals surface area (Å²) < 4.78 is 0. The molecular weight excluding hydrogens is 230 g/mol. The molecule has 2 rings (SSSR count). The van der Waals surface area contributed by atoms with E-state index in [-0.39, 0.29) is 5.91 Å². The second-order valence-electron chi connectivity index (χ2n) is 4.09. The molecule has 1 heterocycles. The summed E-state index contributed by atoms with van der Waals surface area (Å²) >= 11 is 0. The third kappa shape index (κ3) is 3.65. The van der Waals surface area contributed by atoms with Crippen LogP contribution in [0.15, 0.2) is 24.3 Å². The van der Waals surface area contributed by atoms with Gasteiger partial charge in [-0.1, -0.05) is 35.0 Å². The first kappa shape index (κ1) is 12.2. The maximum absolute atomic E-state index is 11.6. The number of tetrazole rings is 1. The highest BCUT2D eigenvalue weighted by Gasteiger charge is 2.04. The third-order valence-electron chi connectivity index (χ3n) is 2.56. The van der Waals surface area contributed by atoms with Gasteiger partial charge in [0.1, 0.15) is 0 Å². The van der Waals surface area contributed by atoms with Crippen LogP contribution in [0.25, 0.3) is 0 Å². The van der Waals surface area contributed by atoms with E-state index in [1.807, 2.05) is 25.1 Å². The number of carbonyl (C=O) groups is 1. The summed E-state index contributed by atoms with van der Waals surface area (Å²) in [6.45, 7) is 2.35. The molecule has 1 amide bonds. The van der Waals surface area contributed by atoms with Crippen molar-refractivity contribution in [3.8, 4) is 0 Å². The molecule has 0 atom stereocenters. The van der Waals surface area contributed by atoms with Gasteiger partial charge in [-0.3, -0.25) is 4.79 Å². The van der Waals surface area contributed by atoms with E-state index in [1.165, 1.54) is 11.1 Å². The molecule has 6 nitrogen and oxygen atoms in total. The van der Waals surface area contributed by atoms with E-state index in [0.29, 0.717) is 18.8 Å². The van der Waals surface area contributed by atoms with Crippen LogP contribution in [0.2, 0.25) is 0 Å². The van der Waals surface area contributed by atoms with Crippen LogP contribution >= 0.6 is 0 Å². The van der Waals surface area contributed by atoms with Gasteiger partial charge in [-0.15, -0.1) is 10.2 Å². The number of nitrogens with zero attached hydrogens (tertiary/aromatic N) is 3. The Balaban J connectivity index is 1.75. The Morgan fingerprint density at radius 1 is 1.44 bits per heavy atom. The zero-order valence-electron chi connectivity index (χ0n) is 10.2. The summed E-state index contributed by atoms with van der Waals surface area (Å²) in [5.41, 5.74) is 2.38. The van der Waals surface area contributed by atoms with Crippen LogP contribution in [0.5, 0.6) is 0 Å². The highest BCUT2D eigenvalue weighted by Crippen LogP contribution is 2.06. The Morgan fingerprint density at radius 2 is 2.33 bits per heavy atom. The first-order chi connectivity index (χ1) is 8.74. The average Bonchev–Trinajstić information content (AvgIpc) is 2.87. The molecule has 18 heavy (non-hydrogen) atoms. The van der Waals surface area contributed by atoms with Crippen molar-refractivity contribution in [2.75, 3.05) is 0 Å². The number of aromatic amines is 1.